The summed E-state index contributed by atoms with van der Waals surface area (Å²) in [4.78, 5) is 24.0. The molecule has 0 saturated heterocycles. The van der Waals surface area contributed by atoms with Crippen LogP contribution in [-0.4, -0.2) is 15.2 Å². The molecule has 2 rings (SSSR count). The summed E-state index contributed by atoms with van der Waals surface area (Å²) in [7, 11) is 0. The van der Waals surface area contributed by atoms with Crippen LogP contribution in [0.3, 0.4) is 0 Å². The average molecular weight is 234 g/mol. The van der Waals surface area contributed by atoms with Crippen molar-refractivity contribution in [3.8, 4) is 11.6 Å². The molecule has 0 bridgehead atoms. The molecule has 0 amide bonds. The van der Waals surface area contributed by atoms with E-state index >= 15 is 0 Å². The van der Waals surface area contributed by atoms with Crippen LogP contribution < -0.4 is 21.7 Å². The highest BCUT2D eigenvalue weighted by Crippen LogP contribution is 2.15. The van der Waals surface area contributed by atoms with Crippen molar-refractivity contribution in [2.75, 3.05) is 0 Å². The summed E-state index contributed by atoms with van der Waals surface area (Å²) in [6.07, 6.45) is 0. The number of hydrogen-bond donors (Lipinski definition) is 3. The Morgan fingerprint density at radius 3 is 2.53 bits per heavy atom. The standard InChI is InChI=1S/C10H10N4O3/c11-5-6-1-3-7(4-2-6)17-9-8(15)12-10(16)14-13-9/h1-4H,5,11H2,(H2,12,14,15,16). The van der Waals surface area contributed by atoms with Crippen molar-refractivity contribution in [3.05, 3.63) is 50.7 Å². The van der Waals surface area contributed by atoms with Gasteiger partial charge in [-0.05, 0) is 17.7 Å². The Morgan fingerprint density at radius 1 is 1.24 bits per heavy atom. The van der Waals surface area contributed by atoms with Crippen molar-refractivity contribution in [1.82, 2.24) is 15.2 Å². The first kappa shape index (κ1) is 11.1. The molecule has 0 fully saturated rings. The second-order valence-electron chi connectivity index (χ2n) is 3.26. The molecule has 1 aromatic heterocycles. The van der Waals surface area contributed by atoms with Crippen LogP contribution in [0.5, 0.6) is 11.6 Å². The lowest BCUT2D eigenvalue weighted by molar-refractivity contribution is 0.443. The average Bonchev–Trinajstić information content (AvgIpc) is 2.34. The van der Waals surface area contributed by atoms with Gasteiger partial charge in [-0.1, -0.05) is 12.1 Å². The lowest BCUT2D eigenvalue weighted by Gasteiger charge is -2.03. The zero-order chi connectivity index (χ0) is 12.3. The van der Waals surface area contributed by atoms with E-state index in [9.17, 15) is 9.59 Å². The van der Waals surface area contributed by atoms with Crippen molar-refractivity contribution in [3.63, 3.8) is 0 Å². The molecule has 0 radical (unpaired) electrons. The van der Waals surface area contributed by atoms with E-state index < -0.39 is 11.2 Å². The molecular weight excluding hydrogens is 224 g/mol. The van der Waals surface area contributed by atoms with Gasteiger partial charge in [0.2, 0.25) is 0 Å². The summed E-state index contributed by atoms with van der Waals surface area (Å²) >= 11 is 0. The number of H-pyrrole nitrogens is 2. The second-order valence-corrected chi connectivity index (χ2v) is 3.26. The molecule has 0 unspecified atom stereocenters. The quantitative estimate of drug-likeness (QED) is 0.675. The molecule has 7 heteroatoms. The van der Waals surface area contributed by atoms with E-state index in [1.807, 2.05) is 4.98 Å². The molecule has 17 heavy (non-hydrogen) atoms. The van der Waals surface area contributed by atoms with Crippen molar-refractivity contribution < 1.29 is 4.74 Å². The molecule has 0 aliphatic rings. The molecule has 88 valence electrons. The second kappa shape index (κ2) is 4.62. The molecule has 2 aromatic rings. The van der Waals surface area contributed by atoms with Gasteiger partial charge >= 0.3 is 17.1 Å². The van der Waals surface area contributed by atoms with Gasteiger partial charge in [0, 0.05) is 6.54 Å². The van der Waals surface area contributed by atoms with Gasteiger partial charge in [-0.25, -0.2) is 9.89 Å². The predicted octanol–water partition coefficient (Wildman–Crippen LogP) is -0.291. The number of ether oxygens (including phenoxy) is 1. The fourth-order valence-electron chi connectivity index (χ4n) is 1.21. The number of rotatable bonds is 3. The van der Waals surface area contributed by atoms with Gasteiger partial charge in [0.15, 0.2) is 0 Å². The van der Waals surface area contributed by atoms with Gasteiger partial charge in [0.25, 0.3) is 0 Å². The van der Waals surface area contributed by atoms with Crippen molar-refractivity contribution in [1.29, 1.82) is 0 Å². The molecule has 0 spiro atoms. The molecule has 4 N–H and O–H groups in total. The first-order chi connectivity index (χ1) is 8.19. The third kappa shape index (κ3) is 2.58. The Labute approximate surface area is 95.3 Å². The van der Waals surface area contributed by atoms with Crippen LogP contribution >= 0.6 is 0 Å². The van der Waals surface area contributed by atoms with Crippen LogP contribution in [0, 0.1) is 0 Å². The SMILES string of the molecule is NCc1ccc(Oc2n[nH]c(=O)[nH]c2=O)cc1. The lowest BCUT2D eigenvalue weighted by atomic mass is 10.2. The minimum absolute atomic E-state index is 0.218. The highest BCUT2D eigenvalue weighted by Gasteiger charge is 2.04. The third-order valence-electron chi connectivity index (χ3n) is 2.05. The van der Waals surface area contributed by atoms with Gasteiger partial charge in [-0.3, -0.25) is 9.78 Å². The van der Waals surface area contributed by atoms with Crippen LogP contribution in [0.4, 0.5) is 0 Å². The number of nitrogens with two attached hydrogens (primary N) is 1. The Bertz CT molecular complexity index is 614. The largest absolute Gasteiger partial charge is 0.434 e. The van der Waals surface area contributed by atoms with E-state index in [2.05, 4.69) is 10.2 Å². The summed E-state index contributed by atoms with van der Waals surface area (Å²) in [6, 6.07) is 6.87. The van der Waals surface area contributed by atoms with Crippen LogP contribution in [-0.2, 0) is 6.54 Å². The third-order valence-corrected chi connectivity index (χ3v) is 2.05. The van der Waals surface area contributed by atoms with Gasteiger partial charge in [0.05, 0.1) is 0 Å². The minimum Gasteiger partial charge on any atom is -0.434 e. The smallest absolute Gasteiger partial charge is 0.342 e. The van der Waals surface area contributed by atoms with Crippen LogP contribution in [0.15, 0.2) is 33.9 Å². The molecule has 1 heterocycles. The maximum atomic E-state index is 11.3. The number of hydrogen-bond acceptors (Lipinski definition) is 5. The summed E-state index contributed by atoms with van der Waals surface area (Å²) in [5.74, 6) is 0.220. The van der Waals surface area contributed by atoms with E-state index in [0.717, 1.165) is 5.56 Å². The number of nitrogens with one attached hydrogen (secondary N) is 2. The molecule has 0 saturated carbocycles. The van der Waals surface area contributed by atoms with E-state index in [0.29, 0.717) is 12.3 Å². The minimum atomic E-state index is -0.684. The summed E-state index contributed by atoms with van der Waals surface area (Å²) in [5.41, 5.74) is 5.03. The fraction of sp³-hybridized carbons (Fsp3) is 0.100. The molecule has 0 aliphatic carbocycles. The zero-order valence-corrected chi connectivity index (χ0v) is 8.77. The van der Waals surface area contributed by atoms with Crippen LogP contribution in [0.2, 0.25) is 0 Å². The topological polar surface area (TPSA) is 114 Å². The predicted molar refractivity (Wildman–Crippen MR) is 59.9 cm³/mol. The summed E-state index contributed by atoms with van der Waals surface area (Å²) in [6.45, 7) is 0.428. The van der Waals surface area contributed by atoms with E-state index in [1.165, 1.54) is 0 Å². The summed E-state index contributed by atoms with van der Waals surface area (Å²) in [5, 5.41) is 5.56. The highest BCUT2D eigenvalue weighted by atomic mass is 16.5. The van der Waals surface area contributed by atoms with E-state index in [-0.39, 0.29) is 5.88 Å². The number of aromatic nitrogens is 3. The Morgan fingerprint density at radius 2 is 1.94 bits per heavy atom. The molecule has 1 aromatic carbocycles. The van der Waals surface area contributed by atoms with E-state index in [1.54, 1.807) is 24.3 Å². The monoisotopic (exact) mass is 234 g/mol. The van der Waals surface area contributed by atoms with Gasteiger partial charge in [-0.15, -0.1) is 5.10 Å². The van der Waals surface area contributed by atoms with Crippen molar-refractivity contribution in [2.24, 2.45) is 5.73 Å². The molecule has 7 nitrogen and oxygen atoms in total. The van der Waals surface area contributed by atoms with Gasteiger partial charge in [-0.2, -0.15) is 0 Å². The van der Waals surface area contributed by atoms with Crippen molar-refractivity contribution in [2.45, 2.75) is 6.54 Å². The fourth-order valence-corrected chi connectivity index (χ4v) is 1.21. The van der Waals surface area contributed by atoms with Crippen molar-refractivity contribution >= 4 is 0 Å². The van der Waals surface area contributed by atoms with Crippen LogP contribution in [0.25, 0.3) is 0 Å². The Hall–Kier alpha value is -2.41. The molecule has 0 aliphatic heterocycles. The van der Waals surface area contributed by atoms with Gasteiger partial charge in [0.1, 0.15) is 5.75 Å². The first-order valence-corrected chi connectivity index (χ1v) is 4.85. The number of aromatic amines is 2. The van der Waals surface area contributed by atoms with Crippen LogP contribution in [0.1, 0.15) is 5.56 Å². The first-order valence-electron chi connectivity index (χ1n) is 4.85. The number of nitrogens with zero attached hydrogens (tertiary/aromatic N) is 1. The Balaban J connectivity index is 2.25. The van der Waals surface area contributed by atoms with E-state index in [4.69, 9.17) is 10.5 Å². The molecule has 0 atom stereocenters. The molecular formula is C10H10N4O3. The maximum Gasteiger partial charge on any atom is 0.342 e. The summed E-state index contributed by atoms with van der Waals surface area (Å²) < 4.78 is 5.20. The zero-order valence-electron chi connectivity index (χ0n) is 8.77. The lowest BCUT2D eigenvalue weighted by Crippen LogP contribution is -2.24. The maximum absolute atomic E-state index is 11.3. The highest BCUT2D eigenvalue weighted by molar-refractivity contribution is 5.29. The van der Waals surface area contributed by atoms with Gasteiger partial charge < -0.3 is 10.5 Å². The number of benzene rings is 1. The Kier molecular flexibility index (Phi) is 3.01. The normalized spacial score (nSPS) is 10.2.